The lowest BCUT2D eigenvalue weighted by Crippen LogP contribution is -2.38. The SMILES string of the molecule is O=C(OCc1ccccc1)N1CCOCC2C1C2(F)F. The molecule has 0 radical (unpaired) electrons. The van der Waals surface area contributed by atoms with Gasteiger partial charge in [-0.3, -0.25) is 4.90 Å². The molecule has 0 spiro atoms. The van der Waals surface area contributed by atoms with Gasteiger partial charge in [-0.2, -0.15) is 0 Å². The van der Waals surface area contributed by atoms with E-state index in [1.165, 1.54) is 0 Å². The number of carbonyl (C=O) groups excluding carboxylic acids is 1. The van der Waals surface area contributed by atoms with Gasteiger partial charge in [0.1, 0.15) is 12.6 Å². The van der Waals surface area contributed by atoms with Gasteiger partial charge in [0.2, 0.25) is 0 Å². The Bertz CT molecular complexity index is 494. The lowest BCUT2D eigenvalue weighted by atomic mass is 10.2. The molecule has 1 amide bonds. The van der Waals surface area contributed by atoms with Gasteiger partial charge in [0.25, 0.3) is 5.92 Å². The molecule has 2 atom stereocenters. The van der Waals surface area contributed by atoms with E-state index in [1.807, 2.05) is 30.3 Å². The van der Waals surface area contributed by atoms with E-state index in [1.54, 1.807) is 0 Å². The molecule has 2 unspecified atom stereocenters. The van der Waals surface area contributed by atoms with Crippen LogP contribution in [0.3, 0.4) is 0 Å². The number of benzene rings is 1. The van der Waals surface area contributed by atoms with E-state index in [2.05, 4.69) is 0 Å². The molecule has 20 heavy (non-hydrogen) atoms. The van der Waals surface area contributed by atoms with E-state index in [0.717, 1.165) is 10.5 Å². The lowest BCUT2D eigenvalue weighted by molar-refractivity contribution is 0.0168. The number of alkyl halides is 2. The maximum Gasteiger partial charge on any atom is 0.410 e. The molecular formula is C14H15F2NO3. The van der Waals surface area contributed by atoms with Crippen molar-refractivity contribution in [3.63, 3.8) is 0 Å². The van der Waals surface area contributed by atoms with Crippen LogP contribution in [0.15, 0.2) is 30.3 Å². The second kappa shape index (κ2) is 5.01. The van der Waals surface area contributed by atoms with Gasteiger partial charge < -0.3 is 9.47 Å². The fourth-order valence-corrected chi connectivity index (χ4v) is 2.52. The van der Waals surface area contributed by atoms with Crippen LogP contribution in [0.2, 0.25) is 0 Å². The van der Waals surface area contributed by atoms with Gasteiger partial charge in [-0.25, -0.2) is 13.6 Å². The number of ether oxygens (including phenoxy) is 2. The van der Waals surface area contributed by atoms with Gasteiger partial charge in [-0.15, -0.1) is 0 Å². The fraction of sp³-hybridized carbons (Fsp3) is 0.500. The number of nitrogens with zero attached hydrogens (tertiary/aromatic N) is 1. The summed E-state index contributed by atoms with van der Waals surface area (Å²) in [5.41, 5.74) is 0.825. The van der Waals surface area contributed by atoms with E-state index in [9.17, 15) is 13.6 Å². The number of hydrogen-bond acceptors (Lipinski definition) is 3. The average Bonchev–Trinajstić information content (AvgIpc) is 3.07. The first-order valence-electron chi connectivity index (χ1n) is 6.53. The minimum absolute atomic E-state index is 0.000131. The van der Waals surface area contributed by atoms with Crippen molar-refractivity contribution in [2.75, 3.05) is 19.8 Å². The van der Waals surface area contributed by atoms with Crippen molar-refractivity contribution in [2.24, 2.45) is 5.92 Å². The second-order valence-electron chi connectivity index (χ2n) is 5.03. The molecule has 2 fully saturated rings. The zero-order chi connectivity index (χ0) is 14.2. The molecule has 0 aromatic heterocycles. The standard InChI is InChI=1S/C14H15F2NO3/c15-14(16)11-9-19-7-6-17(12(11)14)13(18)20-8-10-4-2-1-3-5-10/h1-5,11-12H,6-9H2. The van der Waals surface area contributed by atoms with Crippen LogP contribution in [0.4, 0.5) is 13.6 Å². The Morgan fingerprint density at radius 3 is 2.90 bits per heavy atom. The molecule has 0 bridgehead atoms. The topological polar surface area (TPSA) is 38.8 Å². The monoisotopic (exact) mass is 283 g/mol. The first-order chi connectivity index (χ1) is 9.60. The minimum atomic E-state index is -2.85. The third kappa shape index (κ3) is 2.35. The highest BCUT2D eigenvalue weighted by Crippen LogP contribution is 2.53. The highest BCUT2D eigenvalue weighted by atomic mass is 19.3. The van der Waals surface area contributed by atoms with E-state index < -0.39 is 24.0 Å². The number of rotatable bonds is 2. The van der Waals surface area contributed by atoms with Crippen molar-refractivity contribution < 1.29 is 23.0 Å². The van der Waals surface area contributed by atoms with Crippen molar-refractivity contribution in [1.29, 1.82) is 0 Å². The molecule has 108 valence electrons. The third-order valence-electron chi connectivity index (χ3n) is 3.71. The molecule has 2 aliphatic rings. The summed E-state index contributed by atoms with van der Waals surface area (Å²) in [5.74, 6) is -3.75. The van der Waals surface area contributed by atoms with E-state index in [4.69, 9.17) is 9.47 Å². The van der Waals surface area contributed by atoms with E-state index in [0.29, 0.717) is 0 Å². The summed E-state index contributed by atoms with van der Waals surface area (Å²) in [4.78, 5) is 13.1. The summed E-state index contributed by atoms with van der Waals surface area (Å²) in [6.45, 7) is 0.494. The van der Waals surface area contributed by atoms with Crippen LogP contribution in [0.25, 0.3) is 0 Å². The predicted molar refractivity (Wildman–Crippen MR) is 66.4 cm³/mol. The molecule has 1 aromatic rings. The van der Waals surface area contributed by atoms with Crippen LogP contribution in [0.5, 0.6) is 0 Å². The van der Waals surface area contributed by atoms with Gasteiger partial charge >= 0.3 is 6.09 Å². The second-order valence-corrected chi connectivity index (χ2v) is 5.03. The molecule has 3 rings (SSSR count). The van der Waals surface area contributed by atoms with Crippen molar-refractivity contribution in [3.8, 4) is 0 Å². The molecule has 1 aliphatic heterocycles. The van der Waals surface area contributed by atoms with Crippen LogP contribution in [-0.2, 0) is 16.1 Å². The predicted octanol–water partition coefficient (Wildman–Crippen LogP) is 2.29. The molecular weight excluding hydrogens is 268 g/mol. The van der Waals surface area contributed by atoms with Crippen LogP contribution in [0.1, 0.15) is 5.56 Å². The zero-order valence-corrected chi connectivity index (χ0v) is 10.8. The number of amides is 1. The highest BCUT2D eigenvalue weighted by molar-refractivity contribution is 5.69. The normalized spacial score (nSPS) is 27.4. The van der Waals surface area contributed by atoms with Crippen molar-refractivity contribution in [1.82, 2.24) is 4.90 Å². The summed E-state index contributed by atoms with van der Waals surface area (Å²) in [6.07, 6.45) is -0.702. The zero-order valence-electron chi connectivity index (χ0n) is 10.8. The molecule has 0 N–H and O–H groups in total. The maximum absolute atomic E-state index is 13.5. The van der Waals surface area contributed by atoms with Crippen LogP contribution in [0, 0.1) is 5.92 Å². The smallest absolute Gasteiger partial charge is 0.410 e. The first kappa shape index (κ1) is 13.3. The molecule has 4 nitrogen and oxygen atoms in total. The van der Waals surface area contributed by atoms with Crippen LogP contribution in [-0.4, -0.2) is 42.7 Å². The van der Waals surface area contributed by atoms with Crippen LogP contribution >= 0.6 is 0 Å². The van der Waals surface area contributed by atoms with Gasteiger partial charge in [-0.05, 0) is 5.56 Å². The molecule has 1 saturated heterocycles. The van der Waals surface area contributed by atoms with E-state index in [-0.39, 0.29) is 26.4 Å². The summed E-state index contributed by atoms with van der Waals surface area (Å²) >= 11 is 0. The van der Waals surface area contributed by atoms with Gasteiger partial charge in [-0.1, -0.05) is 30.3 Å². The largest absolute Gasteiger partial charge is 0.445 e. The van der Waals surface area contributed by atoms with E-state index >= 15 is 0 Å². The third-order valence-corrected chi connectivity index (χ3v) is 3.71. The fourth-order valence-electron chi connectivity index (χ4n) is 2.52. The van der Waals surface area contributed by atoms with Crippen LogP contribution < -0.4 is 0 Å². The quantitative estimate of drug-likeness (QED) is 0.836. The van der Waals surface area contributed by atoms with Crippen molar-refractivity contribution in [2.45, 2.75) is 18.6 Å². The molecule has 6 heteroatoms. The summed E-state index contributed by atoms with van der Waals surface area (Å²) in [6, 6.07) is 8.06. The van der Waals surface area contributed by atoms with Gasteiger partial charge in [0.15, 0.2) is 0 Å². The average molecular weight is 283 g/mol. The lowest BCUT2D eigenvalue weighted by Gasteiger charge is -2.20. The van der Waals surface area contributed by atoms with Gasteiger partial charge in [0.05, 0.1) is 19.1 Å². The molecule has 1 aromatic carbocycles. The first-order valence-corrected chi connectivity index (χ1v) is 6.53. The highest BCUT2D eigenvalue weighted by Gasteiger charge is 2.72. The number of fused-ring (bicyclic) bond motifs is 1. The Morgan fingerprint density at radius 1 is 1.40 bits per heavy atom. The molecule has 1 aliphatic carbocycles. The Kier molecular flexibility index (Phi) is 3.33. The Morgan fingerprint density at radius 2 is 2.15 bits per heavy atom. The number of halogens is 2. The number of hydrogen-bond donors (Lipinski definition) is 0. The van der Waals surface area contributed by atoms with Crippen molar-refractivity contribution in [3.05, 3.63) is 35.9 Å². The minimum Gasteiger partial charge on any atom is -0.445 e. The molecule has 1 saturated carbocycles. The van der Waals surface area contributed by atoms with Crippen molar-refractivity contribution >= 4 is 6.09 Å². The summed E-state index contributed by atoms with van der Waals surface area (Å²) < 4.78 is 37.3. The molecule has 1 heterocycles. The maximum atomic E-state index is 13.5. The van der Waals surface area contributed by atoms with Gasteiger partial charge in [0, 0.05) is 6.54 Å². The summed E-state index contributed by atoms with van der Waals surface area (Å²) in [7, 11) is 0. The summed E-state index contributed by atoms with van der Waals surface area (Å²) in [5, 5.41) is 0. The Balaban J connectivity index is 1.62. The Hall–Kier alpha value is -1.69. The Labute approximate surface area is 115 Å². The number of carbonyl (C=O) groups is 1.